The Morgan fingerprint density at radius 2 is 1.71 bits per heavy atom. The first-order valence-corrected chi connectivity index (χ1v) is 10.8. The van der Waals surface area contributed by atoms with Crippen LogP contribution in [0.4, 0.5) is 0 Å². The van der Waals surface area contributed by atoms with Crippen LogP contribution in [0.1, 0.15) is 34.3 Å². The van der Waals surface area contributed by atoms with Crippen LogP contribution in [0.25, 0.3) is 0 Å². The molecular weight excluding hydrogens is 376 g/mol. The number of carbonyl (C=O) groups is 1. The molecule has 0 unspecified atom stereocenters. The minimum atomic E-state index is -3.54. The topological polar surface area (TPSA) is 75.7 Å². The Hall–Kier alpha value is -2.38. The van der Waals surface area contributed by atoms with E-state index in [9.17, 15) is 13.2 Å². The number of carbonyl (C=O) groups excluding carboxylic acids is 1. The van der Waals surface area contributed by atoms with Crippen molar-refractivity contribution in [2.45, 2.75) is 37.6 Å². The highest BCUT2D eigenvalue weighted by Crippen LogP contribution is 2.23. The van der Waals surface area contributed by atoms with E-state index in [0.717, 1.165) is 11.1 Å². The number of benzene rings is 2. The van der Waals surface area contributed by atoms with E-state index in [1.165, 1.54) is 4.31 Å². The number of methoxy groups -OCH3 is 1. The average Bonchev–Trinajstić information content (AvgIpc) is 2.70. The van der Waals surface area contributed by atoms with E-state index in [2.05, 4.69) is 5.32 Å². The molecule has 6 nitrogen and oxygen atoms in total. The predicted octanol–water partition coefficient (Wildman–Crippen LogP) is 2.90. The van der Waals surface area contributed by atoms with Gasteiger partial charge in [0.1, 0.15) is 5.75 Å². The Labute approximate surface area is 166 Å². The molecule has 3 rings (SSSR count). The first kappa shape index (κ1) is 20.4. The molecule has 0 atom stereocenters. The maximum atomic E-state index is 12.8. The summed E-state index contributed by atoms with van der Waals surface area (Å²) < 4.78 is 32.2. The van der Waals surface area contributed by atoms with Crippen molar-refractivity contribution in [3.8, 4) is 5.75 Å². The van der Waals surface area contributed by atoms with E-state index in [4.69, 9.17) is 4.74 Å². The quantitative estimate of drug-likeness (QED) is 0.834. The van der Waals surface area contributed by atoms with Gasteiger partial charge in [-0.15, -0.1) is 0 Å². The van der Waals surface area contributed by atoms with Crippen LogP contribution in [0.2, 0.25) is 0 Å². The fourth-order valence-corrected chi connectivity index (χ4v) is 4.87. The fraction of sp³-hybridized carbons (Fsp3) is 0.381. The summed E-state index contributed by atoms with van der Waals surface area (Å²) in [6.45, 7) is 4.68. The van der Waals surface area contributed by atoms with Gasteiger partial charge in [-0.3, -0.25) is 4.79 Å². The summed E-state index contributed by atoms with van der Waals surface area (Å²) in [4.78, 5) is 12.8. The van der Waals surface area contributed by atoms with E-state index in [1.807, 2.05) is 32.0 Å². The third-order valence-corrected chi connectivity index (χ3v) is 7.25. The molecule has 1 N–H and O–H groups in total. The van der Waals surface area contributed by atoms with Crippen LogP contribution < -0.4 is 10.1 Å². The number of amides is 1. The lowest BCUT2D eigenvalue weighted by Gasteiger charge is -2.31. The van der Waals surface area contributed by atoms with E-state index in [-0.39, 0.29) is 16.8 Å². The zero-order chi connectivity index (χ0) is 20.3. The van der Waals surface area contributed by atoms with Crippen molar-refractivity contribution in [1.29, 1.82) is 0 Å². The summed E-state index contributed by atoms with van der Waals surface area (Å²) in [6.07, 6.45) is 1.18. The van der Waals surface area contributed by atoms with Gasteiger partial charge < -0.3 is 10.1 Å². The molecule has 0 radical (unpaired) electrons. The summed E-state index contributed by atoms with van der Waals surface area (Å²) in [5.74, 6) is 0.518. The first-order chi connectivity index (χ1) is 13.3. The zero-order valence-electron chi connectivity index (χ0n) is 16.4. The monoisotopic (exact) mass is 402 g/mol. The number of hydrogen-bond acceptors (Lipinski definition) is 4. The Kier molecular flexibility index (Phi) is 6.05. The largest absolute Gasteiger partial charge is 0.497 e. The third-order valence-electron chi connectivity index (χ3n) is 5.34. The van der Waals surface area contributed by atoms with Crippen molar-refractivity contribution in [1.82, 2.24) is 9.62 Å². The maximum Gasteiger partial charge on any atom is 0.251 e. The van der Waals surface area contributed by atoms with Crippen LogP contribution >= 0.6 is 0 Å². The summed E-state index contributed by atoms with van der Waals surface area (Å²) >= 11 is 0. The highest BCUT2D eigenvalue weighted by molar-refractivity contribution is 7.89. The molecule has 1 fully saturated rings. The van der Waals surface area contributed by atoms with E-state index >= 15 is 0 Å². The van der Waals surface area contributed by atoms with Crippen LogP contribution in [0.3, 0.4) is 0 Å². The predicted molar refractivity (Wildman–Crippen MR) is 108 cm³/mol. The third kappa shape index (κ3) is 4.20. The SMILES string of the molecule is COc1ccc(S(=O)(=O)N2CCC(NC(=O)c3cccc(C)c3C)CC2)cc1. The van der Waals surface area contributed by atoms with Gasteiger partial charge in [-0.1, -0.05) is 12.1 Å². The van der Waals surface area contributed by atoms with Gasteiger partial charge in [0.2, 0.25) is 10.0 Å². The van der Waals surface area contributed by atoms with Gasteiger partial charge in [-0.2, -0.15) is 4.31 Å². The summed E-state index contributed by atoms with van der Waals surface area (Å²) in [5.41, 5.74) is 2.72. The van der Waals surface area contributed by atoms with Crippen molar-refractivity contribution < 1.29 is 17.9 Å². The molecule has 28 heavy (non-hydrogen) atoms. The van der Waals surface area contributed by atoms with Crippen molar-refractivity contribution in [2.24, 2.45) is 0 Å². The van der Waals surface area contributed by atoms with Crippen molar-refractivity contribution in [2.75, 3.05) is 20.2 Å². The molecule has 2 aromatic rings. The first-order valence-electron chi connectivity index (χ1n) is 9.34. The van der Waals surface area contributed by atoms with E-state index in [1.54, 1.807) is 31.4 Å². The molecule has 7 heteroatoms. The number of rotatable bonds is 5. The smallest absolute Gasteiger partial charge is 0.251 e. The summed E-state index contributed by atoms with van der Waals surface area (Å²) in [5, 5.41) is 3.05. The second kappa shape index (κ2) is 8.32. The van der Waals surface area contributed by atoms with Crippen molar-refractivity contribution in [3.05, 3.63) is 59.2 Å². The summed E-state index contributed by atoms with van der Waals surface area (Å²) in [6, 6.07) is 12.0. The van der Waals surface area contributed by atoms with Crippen LogP contribution in [-0.4, -0.2) is 44.9 Å². The van der Waals surface area contributed by atoms with Crippen LogP contribution in [0.5, 0.6) is 5.75 Å². The van der Waals surface area contributed by atoms with Crippen LogP contribution in [-0.2, 0) is 10.0 Å². The number of nitrogens with zero attached hydrogens (tertiary/aromatic N) is 1. The zero-order valence-corrected chi connectivity index (χ0v) is 17.3. The van der Waals surface area contributed by atoms with Gasteiger partial charge in [-0.25, -0.2) is 8.42 Å². The molecule has 1 heterocycles. The molecule has 1 aliphatic heterocycles. The van der Waals surface area contributed by atoms with Crippen LogP contribution in [0, 0.1) is 13.8 Å². The lowest BCUT2D eigenvalue weighted by Crippen LogP contribution is -2.46. The Bertz CT molecular complexity index is 947. The molecule has 0 bridgehead atoms. The number of ether oxygens (including phenoxy) is 1. The minimum absolute atomic E-state index is 0.0327. The normalized spacial score (nSPS) is 16.0. The fourth-order valence-electron chi connectivity index (χ4n) is 3.40. The second-order valence-corrected chi connectivity index (χ2v) is 9.01. The number of sulfonamides is 1. The van der Waals surface area contributed by atoms with E-state index in [0.29, 0.717) is 37.2 Å². The molecule has 150 valence electrons. The highest BCUT2D eigenvalue weighted by atomic mass is 32.2. The maximum absolute atomic E-state index is 12.8. The Morgan fingerprint density at radius 3 is 2.32 bits per heavy atom. The molecule has 0 aromatic heterocycles. The lowest BCUT2D eigenvalue weighted by molar-refractivity contribution is 0.0923. The molecular formula is C21H26N2O4S. The molecule has 0 saturated carbocycles. The molecule has 0 aliphatic carbocycles. The van der Waals surface area contributed by atoms with Crippen LogP contribution in [0.15, 0.2) is 47.4 Å². The molecule has 1 amide bonds. The highest BCUT2D eigenvalue weighted by Gasteiger charge is 2.30. The van der Waals surface area contributed by atoms with Crippen molar-refractivity contribution in [3.63, 3.8) is 0 Å². The van der Waals surface area contributed by atoms with Crippen molar-refractivity contribution >= 4 is 15.9 Å². The van der Waals surface area contributed by atoms with E-state index < -0.39 is 10.0 Å². The lowest BCUT2D eigenvalue weighted by atomic mass is 10.0. The molecule has 2 aromatic carbocycles. The van der Waals surface area contributed by atoms with Gasteiger partial charge in [-0.05, 0) is 68.1 Å². The van der Waals surface area contributed by atoms with Gasteiger partial charge in [0.25, 0.3) is 5.91 Å². The standard InChI is InChI=1S/C21H26N2O4S/c1-15-5-4-6-20(16(15)2)21(24)22-17-11-13-23(14-12-17)28(25,26)19-9-7-18(27-3)8-10-19/h4-10,17H,11-14H2,1-3H3,(H,22,24). The number of piperidine rings is 1. The number of nitrogens with one attached hydrogen (secondary N) is 1. The average molecular weight is 403 g/mol. The van der Waals surface area contributed by atoms with Gasteiger partial charge in [0.05, 0.1) is 12.0 Å². The Balaban J connectivity index is 1.62. The molecule has 1 saturated heterocycles. The molecule has 0 spiro atoms. The summed E-state index contributed by atoms with van der Waals surface area (Å²) in [7, 11) is -2.00. The number of hydrogen-bond donors (Lipinski definition) is 1. The minimum Gasteiger partial charge on any atom is -0.497 e. The molecule has 1 aliphatic rings. The Morgan fingerprint density at radius 1 is 1.07 bits per heavy atom. The van der Waals surface area contributed by atoms with Gasteiger partial charge in [0, 0.05) is 24.7 Å². The van der Waals surface area contributed by atoms with Gasteiger partial charge in [0.15, 0.2) is 0 Å². The second-order valence-electron chi connectivity index (χ2n) is 7.07. The number of aryl methyl sites for hydroxylation is 1. The van der Waals surface area contributed by atoms with Gasteiger partial charge >= 0.3 is 0 Å².